The van der Waals surface area contributed by atoms with E-state index in [0.29, 0.717) is 17.9 Å². The summed E-state index contributed by atoms with van der Waals surface area (Å²) in [6.07, 6.45) is 0.448. The maximum absolute atomic E-state index is 12.1. The van der Waals surface area contributed by atoms with E-state index < -0.39 is 5.41 Å². The molecule has 1 amide bonds. The van der Waals surface area contributed by atoms with E-state index in [4.69, 9.17) is 9.84 Å². The Bertz CT molecular complexity index is 461. The number of aliphatic hydroxyl groups excluding tert-OH is 1. The molecule has 106 valence electrons. The van der Waals surface area contributed by atoms with Crippen molar-refractivity contribution >= 4 is 11.6 Å². The number of aryl methyl sites for hydroxylation is 1. The van der Waals surface area contributed by atoms with Crippen molar-refractivity contribution in [1.29, 1.82) is 0 Å². The molecule has 0 radical (unpaired) electrons. The van der Waals surface area contributed by atoms with Crippen LogP contribution in [-0.2, 0) is 11.2 Å². The van der Waals surface area contributed by atoms with Gasteiger partial charge in [-0.2, -0.15) is 0 Å². The molecule has 0 aliphatic carbocycles. The monoisotopic (exact) mass is 265 g/mol. The number of rotatable bonds is 4. The summed E-state index contributed by atoms with van der Waals surface area (Å²) in [5.74, 6) is 0.637. The van der Waals surface area contributed by atoms with E-state index in [1.165, 1.54) is 0 Å². The van der Waals surface area contributed by atoms with Gasteiger partial charge >= 0.3 is 0 Å². The van der Waals surface area contributed by atoms with Crippen molar-refractivity contribution in [2.75, 3.05) is 19.0 Å². The topological polar surface area (TPSA) is 58.6 Å². The number of hydrogen-bond donors (Lipinski definition) is 2. The zero-order valence-corrected chi connectivity index (χ0v) is 12.3. The molecular formula is C15H23NO3. The Morgan fingerprint density at radius 3 is 2.47 bits per heavy atom. The van der Waals surface area contributed by atoms with Gasteiger partial charge in [0.05, 0.1) is 7.11 Å². The first-order valence-corrected chi connectivity index (χ1v) is 6.39. The smallest absolute Gasteiger partial charge is 0.229 e. The third-order valence-corrected chi connectivity index (χ3v) is 2.86. The van der Waals surface area contributed by atoms with Gasteiger partial charge in [0.1, 0.15) is 5.75 Å². The lowest BCUT2D eigenvalue weighted by Gasteiger charge is -2.21. The molecule has 1 aromatic rings. The summed E-state index contributed by atoms with van der Waals surface area (Å²) in [4.78, 5) is 12.1. The molecule has 0 aliphatic rings. The first kappa shape index (κ1) is 15.5. The lowest BCUT2D eigenvalue weighted by Crippen LogP contribution is -2.28. The van der Waals surface area contributed by atoms with Crippen LogP contribution in [0.25, 0.3) is 0 Å². The Hall–Kier alpha value is -1.55. The zero-order valence-electron chi connectivity index (χ0n) is 12.3. The zero-order chi connectivity index (χ0) is 14.6. The van der Waals surface area contributed by atoms with Crippen molar-refractivity contribution in [2.24, 2.45) is 5.41 Å². The van der Waals surface area contributed by atoms with Crippen LogP contribution in [0.1, 0.15) is 31.9 Å². The van der Waals surface area contributed by atoms with Crippen LogP contribution in [0.3, 0.4) is 0 Å². The van der Waals surface area contributed by atoms with Gasteiger partial charge in [-0.1, -0.05) is 20.8 Å². The second-order valence-corrected chi connectivity index (χ2v) is 5.67. The molecule has 2 N–H and O–H groups in total. The Kier molecular flexibility index (Phi) is 4.95. The van der Waals surface area contributed by atoms with E-state index in [1.54, 1.807) is 7.11 Å². The van der Waals surface area contributed by atoms with Crippen LogP contribution in [0.5, 0.6) is 5.75 Å². The fraction of sp³-hybridized carbons (Fsp3) is 0.533. The van der Waals surface area contributed by atoms with Crippen molar-refractivity contribution in [3.8, 4) is 5.75 Å². The molecule has 0 bridgehead atoms. The van der Waals surface area contributed by atoms with Crippen molar-refractivity contribution in [2.45, 2.75) is 34.1 Å². The van der Waals surface area contributed by atoms with Gasteiger partial charge in [-0.3, -0.25) is 4.79 Å². The maximum Gasteiger partial charge on any atom is 0.229 e. The van der Waals surface area contributed by atoms with Crippen molar-refractivity contribution in [3.05, 3.63) is 23.3 Å². The highest BCUT2D eigenvalue weighted by Gasteiger charge is 2.23. The molecule has 1 rings (SSSR count). The molecule has 4 heteroatoms. The molecule has 0 spiro atoms. The van der Waals surface area contributed by atoms with Crippen LogP contribution in [-0.4, -0.2) is 24.7 Å². The van der Waals surface area contributed by atoms with Crippen LogP contribution in [0, 0.1) is 12.3 Å². The molecule has 0 saturated heterocycles. The molecule has 4 nitrogen and oxygen atoms in total. The van der Waals surface area contributed by atoms with Gasteiger partial charge in [0.15, 0.2) is 0 Å². The highest BCUT2D eigenvalue weighted by Crippen LogP contribution is 2.30. The summed E-state index contributed by atoms with van der Waals surface area (Å²) in [7, 11) is 1.59. The number of amides is 1. The molecule has 0 saturated carbocycles. The highest BCUT2D eigenvalue weighted by atomic mass is 16.5. The average Bonchev–Trinajstić information content (AvgIpc) is 2.30. The van der Waals surface area contributed by atoms with E-state index in [-0.39, 0.29) is 12.5 Å². The fourth-order valence-corrected chi connectivity index (χ4v) is 1.76. The number of hydrogen-bond acceptors (Lipinski definition) is 3. The number of nitrogens with one attached hydrogen (secondary N) is 1. The van der Waals surface area contributed by atoms with Crippen molar-refractivity contribution in [3.63, 3.8) is 0 Å². The lowest BCUT2D eigenvalue weighted by atomic mass is 9.95. The molecule has 19 heavy (non-hydrogen) atoms. The second-order valence-electron chi connectivity index (χ2n) is 5.67. The van der Waals surface area contributed by atoms with Gasteiger partial charge in [-0.05, 0) is 24.6 Å². The van der Waals surface area contributed by atoms with Crippen LogP contribution in [0.15, 0.2) is 12.1 Å². The molecule has 0 fully saturated rings. The van der Waals surface area contributed by atoms with Crippen LogP contribution in [0.4, 0.5) is 5.69 Å². The van der Waals surface area contributed by atoms with E-state index >= 15 is 0 Å². The number of carbonyl (C=O) groups excluding carboxylic acids is 1. The van der Waals surface area contributed by atoms with Gasteiger partial charge in [0, 0.05) is 29.7 Å². The average molecular weight is 265 g/mol. The normalized spacial score (nSPS) is 11.3. The SMILES string of the molecule is COc1cc(C)cc(NC(=O)C(C)(C)C)c1CCO. The predicted octanol–water partition coefficient (Wildman–Crippen LogP) is 2.52. The number of carbonyl (C=O) groups is 1. The van der Waals surface area contributed by atoms with Gasteiger partial charge in [-0.25, -0.2) is 0 Å². The number of benzene rings is 1. The Balaban J connectivity index is 3.17. The second kappa shape index (κ2) is 6.06. The lowest BCUT2D eigenvalue weighted by molar-refractivity contribution is -0.123. The van der Waals surface area contributed by atoms with Crippen LogP contribution < -0.4 is 10.1 Å². The third kappa shape index (κ3) is 3.96. The first-order chi connectivity index (χ1) is 8.79. The molecule has 1 aromatic carbocycles. The van der Waals surface area contributed by atoms with E-state index in [9.17, 15) is 4.79 Å². The van der Waals surface area contributed by atoms with Gasteiger partial charge in [0.25, 0.3) is 0 Å². The molecule has 0 unspecified atom stereocenters. The molecule has 0 heterocycles. The van der Waals surface area contributed by atoms with Gasteiger partial charge in [-0.15, -0.1) is 0 Å². The Morgan fingerprint density at radius 1 is 1.37 bits per heavy atom. The summed E-state index contributed by atoms with van der Waals surface area (Å²) in [6.45, 7) is 7.54. The number of methoxy groups -OCH3 is 1. The standard InChI is InChI=1S/C15H23NO3/c1-10-8-12(16-14(18)15(2,3)4)11(6-7-17)13(9-10)19-5/h8-9,17H,6-7H2,1-5H3,(H,16,18). The van der Waals surface area contributed by atoms with Crippen LogP contribution in [0.2, 0.25) is 0 Å². The van der Waals surface area contributed by atoms with E-state index in [2.05, 4.69) is 5.32 Å². The summed E-state index contributed by atoms with van der Waals surface area (Å²) in [6, 6.07) is 3.80. The largest absolute Gasteiger partial charge is 0.496 e. The number of anilines is 1. The Morgan fingerprint density at radius 2 is 2.00 bits per heavy atom. The molecule has 0 aliphatic heterocycles. The maximum atomic E-state index is 12.1. The first-order valence-electron chi connectivity index (χ1n) is 6.39. The van der Waals surface area contributed by atoms with E-state index in [0.717, 1.165) is 11.1 Å². The quantitative estimate of drug-likeness (QED) is 0.879. The van der Waals surface area contributed by atoms with Gasteiger partial charge in [0.2, 0.25) is 5.91 Å². The summed E-state index contributed by atoms with van der Waals surface area (Å²) >= 11 is 0. The summed E-state index contributed by atoms with van der Waals surface area (Å²) < 4.78 is 5.32. The highest BCUT2D eigenvalue weighted by molar-refractivity contribution is 5.95. The van der Waals surface area contributed by atoms with Crippen molar-refractivity contribution in [1.82, 2.24) is 0 Å². The Labute approximate surface area is 114 Å². The van der Waals surface area contributed by atoms with Gasteiger partial charge < -0.3 is 15.2 Å². The predicted molar refractivity (Wildman–Crippen MR) is 76.6 cm³/mol. The number of aliphatic hydroxyl groups is 1. The van der Waals surface area contributed by atoms with E-state index in [1.807, 2.05) is 39.8 Å². The summed E-state index contributed by atoms with van der Waals surface area (Å²) in [5, 5.41) is 12.1. The minimum absolute atomic E-state index is 0.0117. The molecule has 0 aromatic heterocycles. The molecular weight excluding hydrogens is 242 g/mol. The third-order valence-electron chi connectivity index (χ3n) is 2.86. The minimum Gasteiger partial charge on any atom is -0.496 e. The minimum atomic E-state index is -0.465. The fourth-order valence-electron chi connectivity index (χ4n) is 1.76. The summed E-state index contributed by atoms with van der Waals surface area (Å²) in [5.41, 5.74) is 2.08. The number of ether oxygens (including phenoxy) is 1. The van der Waals surface area contributed by atoms with Crippen molar-refractivity contribution < 1.29 is 14.6 Å². The molecule has 0 atom stereocenters. The van der Waals surface area contributed by atoms with Crippen LogP contribution >= 0.6 is 0 Å².